The van der Waals surface area contributed by atoms with Crippen LogP contribution in [0.5, 0.6) is 17.2 Å². The van der Waals surface area contributed by atoms with Crippen LogP contribution in [0.3, 0.4) is 0 Å². The largest absolute Gasteiger partial charge is 0.495 e. The minimum absolute atomic E-state index is 0.0248. The fourth-order valence-electron chi connectivity index (χ4n) is 3.74. The first kappa shape index (κ1) is 28.2. The van der Waals surface area contributed by atoms with Crippen LogP contribution in [-0.2, 0) is 16.2 Å². The van der Waals surface area contributed by atoms with Gasteiger partial charge in [-0.15, -0.1) is 0 Å². The van der Waals surface area contributed by atoms with Gasteiger partial charge in [-0.3, -0.25) is 9.59 Å². The third-order valence-electron chi connectivity index (χ3n) is 5.62. The molecule has 0 bridgehead atoms. The van der Waals surface area contributed by atoms with Crippen LogP contribution in [-0.4, -0.2) is 43.0 Å². The van der Waals surface area contributed by atoms with Gasteiger partial charge in [-0.05, 0) is 60.5 Å². The fourth-order valence-corrected chi connectivity index (χ4v) is 4.44. The number of nitrogens with zero attached hydrogens (tertiary/aromatic N) is 1. The lowest BCUT2D eigenvalue weighted by Gasteiger charge is -2.14. The molecule has 0 radical (unpaired) electrons. The number of nitrogens with one attached hydrogen (secondary N) is 2. The zero-order chi connectivity index (χ0) is 27.9. The van der Waals surface area contributed by atoms with Crippen LogP contribution in [0.25, 0.3) is 6.08 Å². The van der Waals surface area contributed by atoms with Crippen molar-refractivity contribution in [2.24, 2.45) is 0 Å². The number of halogens is 2. The predicted molar refractivity (Wildman–Crippen MR) is 154 cm³/mol. The number of carbonyl (C=O) groups excluding carboxylic acids is 3. The van der Waals surface area contributed by atoms with E-state index in [1.165, 1.54) is 13.2 Å². The zero-order valence-corrected chi connectivity index (χ0v) is 24.3. The molecule has 0 unspecified atom stereocenters. The van der Waals surface area contributed by atoms with Crippen LogP contribution in [0, 0.1) is 0 Å². The number of urea groups is 1. The Kier molecular flexibility index (Phi) is 9.26. The number of para-hydroxylation sites is 2. The van der Waals surface area contributed by atoms with Crippen molar-refractivity contribution >= 4 is 61.5 Å². The maximum Gasteiger partial charge on any atom is 0.329 e. The summed E-state index contributed by atoms with van der Waals surface area (Å²) in [6.45, 7) is 2.12. The number of carbonyl (C=O) groups is 3. The van der Waals surface area contributed by atoms with E-state index in [0.717, 1.165) is 14.9 Å². The third-order valence-corrected chi connectivity index (χ3v) is 6.83. The van der Waals surface area contributed by atoms with Gasteiger partial charge >= 0.3 is 6.03 Å². The van der Waals surface area contributed by atoms with Crippen molar-refractivity contribution in [2.75, 3.05) is 25.6 Å². The molecule has 0 aliphatic carbocycles. The van der Waals surface area contributed by atoms with Gasteiger partial charge in [-0.2, -0.15) is 0 Å². The summed E-state index contributed by atoms with van der Waals surface area (Å²) in [7, 11) is 1.48. The summed E-state index contributed by atoms with van der Waals surface area (Å²) in [5.74, 6) is 0.287. The molecule has 1 saturated heterocycles. The van der Waals surface area contributed by atoms with Crippen molar-refractivity contribution in [2.45, 2.75) is 13.5 Å². The van der Waals surface area contributed by atoms with Gasteiger partial charge < -0.3 is 24.8 Å². The van der Waals surface area contributed by atoms with Crippen LogP contribution < -0.4 is 24.8 Å². The van der Waals surface area contributed by atoms with E-state index in [1.54, 1.807) is 36.4 Å². The molecule has 1 aliphatic rings. The molecular formula is C28H25Br2N3O6. The summed E-state index contributed by atoms with van der Waals surface area (Å²) >= 11 is 6.94. The van der Waals surface area contributed by atoms with Gasteiger partial charge in [0, 0.05) is 8.95 Å². The molecular weight excluding hydrogens is 634 g/mol. The molecule has 1 heterocycles. The number of hydrogen-bond donors (Lipinski definition) is 2. The van der Waals surface area contributed by atoms with Gasteiger partial charge in [-0.1, -0.05) is 56.1 Å². The van der Waals surface area contributed by atoms with Crippen molar-refractivity contribution in [3.05, 3.63) is 86.4 Å². The first-order chi connectivity index (χ1) is 18.8. The molecule has 0 spiro atoms. The molecule has 2 N–H and O–H groups in total. The summed E-state index contributed by atoms with van der Waals surface area (Å²) in [5.41, 5.74) is 2.02. The number of hydrogen-bond acceptors (Lipinski definition) is 6. The molecule has 202 valence electrons. The summed E-state index contributed by atoms with van der Waals surface area (Å²) in [4.78, 5) is 39.0. The number of imide groups is 1. The van der Waals surface area contributed by atoms with Crippen LogP contribution in [0.2, 0.25) is 0 Å². The van der Waals surface area contributed by atoms with Crippen molar-refractivity contribution < 1.29 is 28.6 Å². The summed E-state index contributed by atoms with van der Waals surface area (Å²) in [6.07, 6.45) is 1.52. The first-order valence-electron chi connectivity index (χ1n) is 11.9. The lowest BCUT2D eigenvalue weighted by atomic mass is 10.1. The average molecular weight is 659 g/mol. The highest BCUT2D eigenvalue weighted by Gasteiger charge is 2.35. The molecule has 3 aromatic rings. The van der Waals surface area contributed by atoms with Crippen LogP contribution >= 0.6 is 31.9 Å². The molecule has 4 rings (SSSR count). The van der Waals surface area contributed by atoms with E-state index >= 15 is 0 Å². The highest BCUT2D eigenvalue weighted by molar-refractivity contribution is 9.10. The number of ether oxygens (including phenoxy) is 3. The average Bonchev–Trinajstić information content (AvgIpc) is 3.18. The normalized spacial score (nSPS) is 13.8. The van der Waals surface area contributed by atoms with E-state index in [-0.39, 0.29) is 5.70 Å². The monoisotopic (exact) mass is 657 g/mol. The van der Waals surface area contributed by atoms with Gasteiger partial charge in [-0.25, -0.2) is 9.69 Å². The van der Waals surface area contributed by atoms with Crippen molar-refractivity contribution in [3.63, 3.8) is 0 Å². The Morgan fingerprint density at radius 1 is 1.00 bits per heavy atom. The van der Waals surface area contributed by atoms with Gasteiger partial charge in [0.05, 0.1) is 19.4 Å². The summed E-state index contributed by atoms with van der Waals surface area (Å²) in [5, 5.41) is 5.20. The third kappa shape index (κ3) is 6.98. The van der Waals surface area contributed by atoms with Gasteiger partial charge in [0.2, 0.25) is 5.91 Å². The standard InChI is InChI=1S/C28H25Br2N3O6/c1-3-38-24-13-18(20(30)14-25(24)39-16-17-8-10-19(29)11-9-17)12-22-27(35)33(28(36)32-22)15-26(34)31-21-6-4-5-7-23(21)37-2/h4-14H,3,15-16H2,1-2H3,(H,31,34)(H,32,36)/b22-12+. The Labute approximate surface area is 242 Å². The number of amides is 4. The Morgan fingerprint density at radius 3 is 2.44 bits per heavy atom. The second-order valence-electron chi connectivity index (χ2n) is 8.30. The molecule has 1 aliphatic heterocycles. The maximum atomic E-state index is 13.0. The van der Waals surface area contributed by atoms with Crippen molar-refractivity contribution in [1.29, 1.82) is 0 Å². The quantitative estimate of drug-likeness (QED) is 0.213. The second kappa shape index (κ2) is 12.8. The molecule has 11 heteroatoms. The van der Waals surface area contributed by atoms with Gasteiger partial charge in [0.15, 0.2) is 11.5 Å². The molecule has 3 aromatic carbocycles. The highest BCUT2D eigenvalue weighted by atomic mass is 79.9. The molecule has 0 atom stereocenters. The number of rotatable bonds is 10. The van der Waals surface area contributed by atoms with Crippen LogP contribution in [0.4, 0.5) is 10.5 Å². The molecule has 4 amide bonds. The number of methoxy groups -OCH3 is 1. The number of anilines is 1. The van der Waals surface area contributed by atoms with Gasteiger partial charge in [0.25, 0.3) is 5.91 Å². The van der Waals surface area contributed by atoms with Crippen molar-refractivity contribution in [1.82, 2.24) is 10.2 Å². The van der Waals surface area contributed by atoms with E-state index in [4.69, 9.17) is 14.2 Å². The van der Waals surface area contributed by atoms with Crippen LogP contribution in [0.15, 0.2) is 75.3 Å². The molecule has 9 nitrogen and oxygen atoms in total. The first-order valence-corrected chi connectivity index (χ1v) is 13.5. The number of benzene rings is 3. The van der Waals surface area contributed by atoms with Crippen molar-refractivity contribution in [3.8, 4) is 17.2 Å². The molecule has 0 saturated carbocycles. The molecule has 39 heavy (non-hydrogen) atoms. The summed E-state index contributed by atoms with van der Waals surface area (Å²) < 4.78 is 18.6. The van der Waals surface area contributed by atoms with E-state index in [0.29, 0.717) is 46.2 Å². The van der Waals surface area contributed by atoms with Crippen LogP contribution in [0.1, 0.15) is 18.1 Å². The van der Waals surface area contributed by atoms with E-state index in [9.17, 15) is 14.4 Å². The zero-order valence-electron chi connectivity index (χ0n) is 21.1. The second-order valence-corrected chi connectivity index (χ2v) is 10.1. The van der Waals surface area contributed by atoms with E-state index < -0.39 is 24.4 Å². The SMILES string of the molecule is CCOc1cc(/C=C2/NC(=O)N(CC(=O)Nc3ccccc3OC)C2=O)c(Br)cc1OCc1ccc(Br)cc1. The topological polar surface area (TPSA) is 106 Å². The Bertz CT molecular complexity index is 1430. The Morgan fingerprint density at radius 2 is 1.72 bits per heavy atom. The lowest BCUT2D eigenvalue weighted by Crippen LogP contribution is -2.38. The Hall–Kier alpha value is -3.83. The van der Waals surface area contributed by atoms with E-state index in [2.05, 4.69) is 42.5 Å². The minimum Gasteiger partial charge on any atom is -0.495 e. The molecule has 0 aromatic heterocycles. The highest BCUT2D eigenvalue weighted by Crippen LogP contribution is 2.36. The van der Waals surface area contributed by atoms with Gasteiger partial charge in [0.1, 0.15) is 24.6 Å². The fraction of sp³-hybridized carbons (Fsp3) is 0.179. The van der Waals surface area contributed by atoms with E-state index in [1.807, 2.05) is 31.2 Å². The maximum absolute atomic E-state index is 13.0. The molecule has 1 fully saturated rings. The smallest absolute Gasteiger partial charge is 0.329 e. The minimum atomic E-state index is -0.697. The predicted octanol–water partition coefficient (Wildman–Crippen LogP) is 5.73. The lowest BCUT2D eigenvalue weighted by molar-refractivity contribution is -0.127. The Balaban J connectivity index is 1.49. The summed E-state index contributed by atoms with van der Waals surface area (Å²) in [6, 6.07) is 17.4.